The van der Waals surface area contributed by atoms with E-state index in [4.69, 9.17) is 14.2 Å². The largest absolute Gasteiger partial charge is 0.460 e. The molecule has 232 valence electrons. The summed E-state index contributed by atoms with van der Waals surface area (Å²) < 4.78 is 17.6. The van der Waals surface area contributed by atoms with E-state index in [9.17, 15) is 29.4 Å². The summed E-state index contributed by atoms with van der Waals surface area (Å²) >= 11 is 0. The summed E-state index contributed by atoms with van der Waals surface area (Å²) in [5.74, 6) is -5.52. The van der Waals surface area contributed by atoms with Gasteiger partial charge in [-0.1, -0.05) is 20.4 Å². The van der Waals surface area contributed by atoms with Crippen LogP contribution in [-0.2, 0) is 28.6 Å². The minimum Gasteiger partial charge on any atom is -0.460 e. The number of aliphatic hydroxyl groups excluding tert-OH is 1. The quantitative estimate of drug-likeness (QED) is 0.334. The van der Waals surface area contributed by atoms with Gasteiger partial charge in [0.1, 0.15) is 29.0 Å². The molecule has 0 unspecified atom stereocenters. The van der Waals surface area contributed by atoms with Gasteiger partial charge in [0.25, 0.3) is 0 Å². The van der Waals surface area contributed by atoms with Gasteiger partial charge in [-0.2, -0.15) is 0 Å². The second-order valence-corrected chi connectivity index (χ2v) is 15.4. The van der Waals surface area contributed by atoms with Gasteiger partial charge in [0.2, 0.25) is 5.79 Å². The molecule has 4 bridgehead atoms. The zero-order valence-corrected chi connectivity index (χ0v) is 25.4. The van der Waals surface area contributed by atoms with Crippen LogP contribution < -0.4 is 5.32 Å². The molecule has 0 aromatic rings. The van der Waals surface area contributed by atoms with Gasteiger partial charge >= 0.3 is 12.1 Å². The van der Waals surface area contributed by atoms with Gasteiger partial charge in [-0.25, -0.2) is 4.79 Å². The topological polar surface area (TPSA) is 148 Å². The fourth-order valence-corrected chi connectivity index (χ4v) is 9.93. The molecule has 2 heterocycles. The number of nitrogens with one attached hydrogen (secondary N) is 1. The third kappa shape index (κ3) is 3.79. The summed E-state index contributed by atoms with van der Waals surface area (Å²) in [5.41, 5.74) is -3.78. The number of carbonyl (C=O) groups excluding carboxylic acids is 4. The van der Waals surface area contributed by atoms with Crippen molar-refractivity contribution in [1.29, 1.82) is 0 Å². The van der Waals surface area contributed by atoms with Crippen LogP contribution in [-0.4, -0.2) is 70.1 Å². The van der Waals surface area contributed by atoms with Crippen molar-refractivity contribution in [2.45, 2.75) is 116 Å². The van der Waals surface area contributed by atoms with Gasteiger partial charge in [-0.05, 0) is 82.6 Å². The molecule has 10 heteroatoms. The highest BCUT2D eigenvalue weighted by molar-refractivity contribution is 6.06. The number of hydrogen-bond donors (Lipinski definition) is 3. The first kappa shape index (κ1) is 29.8. The van der Waals surface area contributed by atoms with Gasteiger partial charge in [0.15, 0.2) is 5.78 Å². The van der Waals surface area contributed by atoms with Crippen molar-refractivity contribution in [3.8, 4) is 0 Å². The molecule has 7 rings (SSSR count). The zero-order valence-electron chi connectivity index (χ0n) is 25.4. The third-order valence-electron chi connectivity index (χ3n) is 11.6. The van der Waals surface area contributed by atoms with Crippen molar-refractivity contribution < 1.29 is 43.6 Å². The number of ketones is 2. The summed E-state index contributed by atoms with van der Waals surface area (Å²) in [6, 6.07) is -0.130. The number of alkyl carbamates (subject to hydrolysis) is 1. The molecule has 0 aromatic carbocycles. The van der Waals surface area contributed by atoms with Crippen LogP contribution in [0.15, 0.2) is 12.2 Å². The van der Waals surface area contributed by atoms with E-state index in [0.717, 1.165) is 0 Å². The van der Waals surface area contributed by atoms with Crippen LogP contribution in [0.3, 0.4) is 0 Å². The second kappa shape index (κ2) is 9.35. The Morgan fingerprint density at radius 3 is 2.38 bits per heavy atom. The molecular weight excluding hydrogens is 542 g/mol. The van der Waals surface area contributed by atoms with Crippen molar-refractivity contribution in [2.75, 3.05) is 6.61 Å². The maximum atomic E-state index is 14.2. The molecule has 10 nitrogen and oxygen atoms in total. The molecule has 8 atom stereocenters. The molecule has 7 fully saturated rings. The monoisotopic (exact) mass is 587 g/mol. The SMILES string of the molecule is C=C1C(=O)[C@]23[C@H](OC(=O)C4CCC(NC(=O)OC(C)(C)C)CC4)[C@H]1CC[C@H]2[C@@]12CO[C@]3(O)[C@@H](O)[C@@H]1C(C)(C)CCC2=O. The number of Topliss-reactive ketones (excluding diaryl/α,β-unsaturated/α-hetero) is 2. The van der Waals surface area contributed by atoms with Crippen LogP contribution in [0, 0.1) is 39.9 Å². The Kier molecular flexibility index (Phi) is 6.62. The number of ether oxygens (including phenoxy) is 3. The molecule has 2 spiro atoms. The minimum absolute atomic E-state index is 0.0540. The van der Waals surface area contributed by atoms with Gasteiger partial charge in [-0.15, -0.1) is 0 Å². The number of amides is 1. The lowest BCUT2D eigenvalue weighted by Crippen LogP contribution is -2.85. The number of aliphatic hydroxyl groups is 2. The Bertz CT molecular complexity index is 1230. The molecule has 1 amide bonds. The average Bonchev–Trinajstić information content (AvgIpc) is 3.01. The summed E-state index contributed by atoms with van der Waals surface area (Å²) in [6.45, 7) is 13.4. The summed E-state index contributed by atoms with van der Waals surface area (Å²) in [7, 11) is 0. The number of carbonyl (C=O) groups is 4. The van der Waals surface area contributed by atoms with E-state index in [0.29, 0.717) is 51.4 Å². The van der Waals surface area contributed by atoms with Gasteiger partial charge in [0.05, 0.1) is 17.9 Å². The Hall–Kier alpha value is -2.30. The van der Waals surface area contributed by atoms with Crippen LogP contribution in [0.2, 0.25) is 0 Å². The number of fused-ring (bicyclic) bond motifs is 2. The lowest BCUT2D eigenvalue weighted by molar-refractivity contribution is -0.437. The maximum absolute atomic E-state index is 14.2. The Labute approximate surface area is 246 Å². The Morgan fingerprint density at radius 2 is 1.74 bits per heavy atom. The van der Waals surface area contributed by atoms with E-state index >= 15 is 0 Å². The van der Waals surface area contributed by atoms with E-state index in [1.165, 1.54) is 0 Å². The lowest BCUT2D eigenvalue weighted by Gasteiger charge is -2.73. The van der Waals surface area contributed by atoms with Gasteiger partial charge in [-0.3, -0.25) is 14.4 Å². The first-order valence-electron chi connectivity index (χ1n) is 15.5. The average molecular weight is 588 g/mol. The fraction of sp³-hybridized carbons (Fsp3) is 0.812. The molecule has 42 heavy (non-hydrogen) atoms. The first-order chi connectivity index (χ1) is 19.5. The van der Waals surface area contributed by atoms with Gasteiger partial charge < -0.3 is 29.7 Å². The molecule has 2 saturated heterocycles. The van der Waals surface area contributed by atoms with Crippen molar-refractivity contribution in [1.82, 2.24) is 5.32 Å². The highest BCUT2D eigenvalue weighted by atomic mass is 16.6. The van der Waals surface area contributed by atoms with E-state index in [2.05, 4.69) is 11.9 Å². The van der Waals surface area contributed by atoms with Crippen LogP contribution in [0.25, 0.3) is 0 Å². The third-order valence-corrected chi connectivity index (χ3v) is 11.6. The Morgan fingerprint density at radius 1 is 1.07 bits per heavy atom. The number of hydrogen-bond acceptors (Lipinski definition) is 9. The molecule has 0 aromatic heterocycles. The number of esters is 1. The highest BCUT2D eigenvalue weighted by Gasteiger charge is 2.88. The first-order valence-corrected chi connectivity index (χ1v) is 15.5. The second-order valence-electron chi connectivity index (χ2n) is 15.4. The predicted molar refractivity (Wildman–Crippen MR) is 149 cm³/mol. The highest BCUT2D eigenvalue weighted by Crippen LogP contribution is 2.76. The zero-order chi connectivity index (χ0) is 30.6. The van der Waals surface area contributed by atoms with Crippen LogP contribution in [0.5, 0.6) is 0 Å². The maximum Gasteiger partial charge on any atom is 0.407 e. The van der Waals surface area contributed by atoms with Crippen molar-refractivity contribution >= 4 is 23.6 Å². The van der Waals surface area contributed by atoms with Crippen LogP contribution >= 0.6 is 0 Å². The molecule has 2 aliphatic heterocycles. The molecule has 0 radical (unpaired) electrons. The summed E-state index contributed by atoms with van der Waals surface area (Å²) in [5, 5.41) is 27.0. The molecule has 5 saturated carbocycles. The van der Waals surface area contributed by atoms with Crippen LogP contribution in [0.1, 0.15) is 86.0 Å². The number of rotatable bonds is 3. The van der Waals surface area contributed by atoms with Gasteiger partial charge in [0, 0.05) is 24.3 Å². The predicted octanol–water partition coefficient (Wildman–Crippen LogP) is 3.22. The molecular formula is C32H45NO9. The fourth-order valence-electron chi connectivity index (χ4n) is 9.93. The van der Waals surface area contributed by atoms with E-state index in [-0.39, 0.29) is 24.0 Å². The van der Waals surface area contributed by atoms with Crippen LogP contribution in [0.4, 0.5) is 4.79 Å². The van der Waals surface area contributed by atoms with Crippen molar-refractivity contribution in [2.24, 2.45) is 39.9 Å². The molecule has 5 aliphatic carbocycles. The summed E-state index contributed by atoms with van der Waals surface area (Å²) in [4.78, 5) is 54.0. The molecule has 3 N–H and O–H groups in total. The minimum atomic E-state index is -2.31. The standard InChI is InChI=1S/C32H45NO9/c1-16-19-11-12-20-30-15-40-32(39,24(36)22(30)29(5,6)14-13-21(30)34)31(20,23(16)35)25(19)41-26(37)17-7-9-18(10-8-17)33-27(38)42-28(2,3)4/h17-20,22,24-25,36,39H,1,7-15H2,2-6H3,(H,33,38)/t17?,18?,19-,20-,22+,24-,25+,30+,31-,32+/m0/s1. The normalized spacial score (nSPS) is 45.6. The van der Waals surface area contributed by atoms with Crippen molar-refractivity contribution in [3.05, 3.63) is 12.2 Å². The molecule has 7 aliphatic rings. The van der Waals surface area contributed by atoms with E-state index in [1.54, 1.807) is 20.8 Å². The smallest absolute Gasteiger partial charge is 0.407 e. The Balaban J connectivity index is 1.27. The van der Waals surface area contributed by atoms with E-state index < -0.39 is 81.4 Å². The van der Waals surface area contributed by atoms with Crippen molar-refractivity contribution in [3.63, 3.8) is 0 Å². The summed E-state index contributed by atoms with van der Waals surface area (Å²) in [6.07, 6.45) is 0.826. The lowest BCUT2D eigenvalue weighted by atomic mass is 9.36. The van der Waals surface area contributed by atoms with E-state index in [1.807, 2.05) is 13.8 Å².